The highest BCUT2D eigenvalue weighted by Crippen LogP contribution is 2.29. The van der Waals surface area contributed by atoms with Gasteiger partial charge in [0.1, 0.15) is 12.6 Å². The SMILES string of the molecule is NC(=O)c1ccc(NC(=O)CN2C(=O)N[C@H](C3CCCCC3)C2=O)cc1. The summed E-state index contributed by atoms with van der Waals surface area (Å²) in [7, 11) is 0. The van der Waals surface area contributed by atoms with Crippen LogP contribution in [-0.4, -0.2) is 41.2 Å². The van der Waals surface area contributed by atoms with Crippen LogP contribution in [0.15, 0.2) is 24.3 Å². The summed E-state index contributed by atoms with van der Waals surface area (Å²) >= 11 is 0. The first kappa shape index (κ1) is 17.9. The zero-order valence-electron chi connectivity index (χ0n) is 14.4. The number of urea groups is 1. The first-order chi connectivity index (χ1) is 12.5. The number of primary amides is 1. The van der Waals surface area contributed by atoms with Gasteiger partial charge in [0, 0.05) is 11.3 Å². The van der Waals surface area contributed by atoms with E-state index in [4.69, 9.17) is 5.73 Å². The quantitative estimate of drug-likeness (QED) is 0.685. The lowest BCUT2D eigenvalue weighted by molar-refractivity contribution is -0.131. The molecule has 138 valence electrons. The molecule has 8 nitrogen and oxygen atoms in total. The first-order valence-electron chi connectivity index (χ1n) is 8.77. The topological polar surface area (TPSA) is 122 Å². The molecule has 26 heavy (non-hydrogen) atoms. The molecule has 1 saturated carbocycles. The number of benzene rings is 1. The van der Waals surface area contributed by atoms with Crippen LogP contribution < -0.4 is 16.4 Å². The molecule has 1 aromatic rings. The van der Waals surface area contributed by atoms with Crippen molar-refractivity contribution in [2.45, 2.75) is 38.1 Å². The second-order valence-corrected chi connectivity index (χ2v) is 6.74. The van der Waals surface area contributed by atoms with Crippen molar-refractivity contribution in [1.82, 2.24) is 10.2 Å². The predicted octanol–water partition coefficient (Wildman–Crippen LogP) is 1.22. The van der Waals surface area contributed by atoms with Gasteiger partial charge in [-0.1, -0.05) is 19.3 Å². The second-order valence-electron chi connectivity index (χ2n) is 6.74. The average molecular weight is 358 g/mol. The number of hydrogen-bond donors (Lipinski definition) is 3. The molecule has 1 aliphatic carbocycles. The van der Waals surface area contributed by atoms with Gasteiger partial charge in [0.05, 0.1) is 0 Å². The highest BCUT2D eigenvalue weighted by atomic mass is 16.2. The number of nitrogens with two attached hydrogens (primary N) is 1. The third-order valence-electron chi connectivity index (χ3n) is 4.93. The van der Waals surface area contributed by atoms with Gasteiger partial charge in [-0.2, -0.15) is 0 Å². The Balaban J connectivity index is 1.58. The molecule has 3 rings (SSSR count). The van der Waals surface area contributed by atoms with Crippen molar-refractivity contribution >= 4 is 29.4 Å². The number of amides is 5. The Bertz CT molecular complexity index is 725. The van der Waals surface area contributed by atoms with Crippen LogP contribution in [0.5, 0.6) is 0 Å². The van der Waals surface area contributed by atoms with E-state index in [1.54, 1.807) is 0 Å². The van der Waals surface area contributed by atoms with Crippen LogP contribution in [-0.2, 0) is 9.59 Å². The molecule has 2 aliphatic rings. The molecule has 1 heterocycles. The normalized spacial score (nSPS) is 20.8. The maximum atomic E-state index is 12.5. The Labute approximate surface area is 151 Å². The maximum absolute atomic E-state index is 12.5. The molecular weight excluding hydrogens is 336 g/mol. The molecule has 1 aromatic carbocycles. The maximum Gasteiger partial charge on any atom is 0.325 e. The number of nitrogens with one attached hydrogen (secondary N) is 2. The highest BCUT2D eigenvalue weighted by Gasteiger charge is 2.43. The van der Waals surface area contributed by atoms with Gasteiger partial charge in [-0.3, -0.25) is 19.3 Å². The van der Waals surface area contributed by atoms with Crippen LogP contribution in [0.4, 0.5) is 10.5 Å². The lowest BCUT2D eigenvalue weighted by Gasteiger charge is -2.25. The number of imide groups is 1. The van der Waals surface area contributed by atoms with Crippen LogP contribution in [0.1, 0.15) is 42.5 Å². The molecular formula is C18H22N4O4. The summed E-state index contributed by atoms with van der Waals surface area (Å²) in [6.07, 6.45) is 5.12. The first-order valence-corrected chi connectivity index (χ1v) is 8.77. The number of rotatable bonds is 5. The Kier molecular flexibility index (Phi) is 5.20. The molecule has 1 saturated heterocycles. The van der Waals surface area contributed by atoms with Crippen molar-refractivity contribution < 1.29 is 19.2 Å². The van der Waals surface area contributed by atoms with E-state index < -0.39 is 23.9 Å². The Morgan fingerprint density at radius 3 is 2.38 bits per heavy atom. The summed E-state index contributed by atoms with van der Waals surface area (Å²) in [6.45, 7) is -0.342. The molecule has 1 aliphatic heterocycles. The van der Waals surface area contributed by atoms with Gasteiger partial charge in [-0.25, -0.2) is 4.79 Å². The summed E-state index contributed by atoms with van der Waals surface area (Å²) in [5.74, 6) is -1.23. The van der Waals surface area contributed by atoms with Crippen LogP contribution in [0.2, 0.25) is 0 Å². The second kappa shape index (κ2) is 7.55. The minimum absolute atomic E-state index is 0.148. The number of anilines is 1. The number of carbonyl (C=O) groups is 4. The van der Waals surface area contributed by atoms with E-state index in [1.807, 2.05) is 0 Å². The van der Waals surface area contributed by atoms with Crippen molar-refractivity contribution in [3.63, 3.8) is 0 Å². The fourth-order valence-corrected chi connectivity index (χ4v) is 3.54. The minimum Gasteiger partial charge on any atom is -0.366 e. The number of hydrogen-bond acceptors (Lipinski definition) is 4. The largest absolute Gasteiger partial charge is 0.366 e. The van der Waals surface area contributed by atoms with Crippen LogP contribution >= 0.6 is 0 Å². The smallest absolute Gasteiger partial charge is 0.325 e. The molecule has 8 heteroatoms. The summed E-state index contributed by atoms with van der Waals surface area (Å²) in [5, 5.41) is 5.32. The van der Waals surface area contributed by atoms with Gasteiger partial charge in [-0.05, 0) is 43.0 Å². The Hall–Kier alpha value is -2.90. The fourth-order valence-electron chi connectivity index (χ4n) is 3.54. The van der Waals surface area contributed by atoms with E-state index in [1.165, 1.54) is 24.3 Å². The number of carbonyl (C=O) groups excluding carboxylic acids is 4. The molecule has 0 unspecified atom stereocenters. The van der Waals surface area contributed by atoms with E-state index in [9.17, 15) is 19.2 Å². The van der Waals surface area contributed by atoms with Crippen molar-refractivity contribution in [1.29, 1.82) is 0 Å². The minimum atomic E-state index is -0.559. The zero-order chi connectivity index (χ0) is 18.7. The lowest BCUT2D eigenvalue weighted by atomic mass is 9.84. The molecule has 2 fully saturated rings. The zero-order valence-corrected chi connectivity index (χ0v) is 14.4. The van der Waals surface area contributed by atoms with Crippen molar-refractivity contribution in [3.05, 3.63) is 29.8 Å². The van der Waals surface area contributed by atoms with E-state index >= 15 is 0 Å². The third kappa shape index (κ3) is 3.84. The monoisotopic (exact) mass is 358 g/mol. The fraction of sp³-hybridized carbons (Fsp3) is 0.444. The molecule has 0 spiro atoms. The highest BCUT2D eigenvalue weighted by molar-refractivity contribution is 6.08. The Morgan fingerprint density at radius 2 is 1.77 bits per heavy atom. The molecule has 1 atom stereocenters. The Morgan fingerprint density at radius 1 is 1.12 bits per heavy atom. The van der Waals surface area contributed by atoms with Gasteiger partial charge in [0.2, 0.25) is 11.8 Å². The third-order valence-corrected chi connectivity index (χ3v) is 4.93. The van der Waals surface area contributed by atoms with Crippen LogP contribution in [0, 0.1) is 5.92 Å². The van der Waals surface area contributed by atoms with Gasteiger partial charge >= 0.3 is 6.03 Å². The molecule has 0 radical (unpaired) electrons. The van der Waals surface area contributed by atoms with Crippen molar-refractivity contribution in [3.8, 4) is 0 Å². The van der Waals surface area contributed by atoms with Crippen molar-refractivity contribution in [2.24, 2.45) is 11.7 Å². The van der Waals surface area contributed by atoms with E-state index in [0.717, 1.165) is 37.0 Å². The molecule has 4 N–H and O–H groups in total. The van der Waals surface area contributed by atoms with Crippen LogP contribution in [0.3, 0.4) is 0 Å². The molecule has 0 bridgehead atoms. The van der Waals surface area contributed by atoms with Gasteiger partial charge in [-0.15, -0.1) is 0 Å². The van der Waals surface area contributed by atoms with Gasteiger partial charge in [0.25, 0.3) is 5.91 Å². The summed E-state index contributed by atoms with van der Waals surface area (Å²) < 4.78 is 0. The predicted molar refractivity (Wildman–Crippen MR) is 94.2 cm³/mol. The summed E-state index contributed by atoms with van der Waals surface area (Å²) in [4.78, 5) is 48.8. The van der Waals surface area contributed by atoms with Crippen LogP contribution in [0.25, 0.3) is 0 Å². The van der Waals surface area contributed by atoms with Crippen molar-refractivity contribution in [2.75, 3.05) is 11.9 Å². The molecule has 5 amide bonds. The molecule has 0 aromatic heterocycles. The van der Waals surface area contributed by atoms with E-state index in [-0.39, 0.29) is 18.4 Å². The number of nitrogens with zero attached hydrogens (tertiary/aromatic N) is 1. The van der Waals surface area contributed by atoms with E-state index in [2.05, 4.69) is 10.6 Å². The van der Waals surface area contributed by atoms with Gasteiger partial charge < -0.3 is 16.4 Å². The summed E-state index contributed by atoms with van der Waals surface area (Å²) in [5.41, 5.74) is 5.94. The van der Waals surface area contributed by atoms with Gasteiger partial charge in [0.15, 0.2) is 0 Å². The summed E-state index contributed by atoms with van der Waals surface area (Å²) in [6, 6.07) is 5.01. The average Bonchev–Trinajstić information content (AvgIpc) is 2.91. The lowest BCUT2D eigenvalue weighted by Crippen LogP contribution is -2.40. The standard InChI is InChI=1S/C18H22N4O4/c19-16(24)12-6-8-13(9-7-12)20-14(23)10-22-17(25)15(21-18(22)26)11-4-2-1-3-5-11/h6-9,11,15H,1-5,10H2,(H2,19,24)(H,20,23)(H,21,26)/t15-/m1/s1. The van der Waals surface area contributed by atoms with E-state index in [0.29, 0.717) is 11.3 Å².